The number of amides is 1. The molecular formula is C7H4Cl2N2O2S. The lowest BCUT2D eigenvalue weighted by Crippen LogP contribution is -1.95. The van der Waals surface area contributed by atoms with Gasteiger partial charge in [-0.25, -0.2) is 4.98 Å². The van der Waals surface area contributed by atoms with Crippen LogP contribution in [0.15, 0.2) is 10.9 Å². The summed E-state index contributed by atoms with van der Waals surface area (Å²) in [7, 11) is 0. The quantitative estimate of drug-likeness (QED) is 0.506. The largest absolute Gasteiger partial charge is 0.305 e. The normalized spacial score (nSPS) is 11.1. The van der Waals surface area contributed by atoms with E-state index in [2.05, 4.69) is 10.3 Å². The van der Waals surface area contributed by atoms with E-state index in [1.54, 1.807) is 5.38 Å². The van der Waals surface area contributed by atoms with Crippen LogP contribution in [0.3, 0.4) is 0 Å². The van der Waals surface area contributed by atoms with Gasteiger partial charge in [0.1, 0.15) is 0 Å². The van der Waals surface area contributed by atoms with Crippen molar-refractivity contribution >= 4 is 56.9 Å². The van der Waals surface area contributed by atoms with Crippen molar-refractivity contribution in [1.82, 2.24) is 4.98 Å². The van der Waals surface area contributed by atoms with Crippen LogP contribution in [-0.2, 0) is 9.59 Å². The summed E-state index contributed by atoms with van der Waals surface area (Å²) in [5.74, 6) is 0. The van der Waals surface area contributed by atoms with E-state index < -0.39 is 5.24 Å². The van der Waals surface area contributed by atoms with Gasteiger partial charge in [-0.1, -0.05) is 11.6 Å². The minimum Gasteiger partial charge on any atom is -0.305 e. The summed E-state index contributed by atoms with van der Waals surface area (Å²) >= 11 is 11.8. The van der Waals surface area contributed by atoms with E-state index >= 15 is 0 Å². The molecule has 1 aromatic rings. The summed E-state index contributed by atoms with van der Waals surface area (Å²) < 4.78 is 0. The Bertz CT molecular complexity index is 389. The van der Waals surface area contributed by atoms with Crippen LogP contribution >= 0.6 is 34.5 Å². The highest BCUT2D eigenvalue weighted by atomic mass is 35.5. The van der Waals surface area contributed by atoms with Gasteiger partial charge in [0.2, 0.25) is 6.41 Å². The van der Waals surface area contributed by atoms with Crippen molar-refractivity contribution in [3.05, 3.63) is 16.6 Å². The van der Waals surface area contributed by atoms with Gasteiger partial charge in [-0.05, 0) is 11.6 Å². The molecule has 1 aromatic heterocycles. The van der Waals surface area contributed by atoms with Crippen LogP contribution in [-0.4, -0.2) is 16.6 Å². The number of hydrogen-bond acceptors (Lipinski definition) is 4. The highest BCUT2D eigenvalue weighted by Gasteiger charge is 2.12. The average Bonchev–Trinajstić information content (AvgIpc) is 2.54. The second-order valence-corrected chi connectivity index (χ2v) is 3.52. The lowest BCUT2D eigenvalue weighted by Gasteiger charge is -1.93. The van der Waals surface area contributed by atoms with Crippen LogP contribution in [0.25, 0.3) is 5.57 Å². The van der Waals surface area contributed by atoms with E-state index in [0.717, 1.165) is 5.54 Å². The highest BCUT2D eigenvalue weighted by Crippen LogP contribution is 2.23. The molecule has 14 heavy (non-hydrogen) atoms. The number of anilines is 1. The molecule has 7 heteroatoms. The predicted molar refractivity (Wildman–Crippen MR) is 56.5 cm³/mol. The number of allylic oxidation sites excluding steroid dienone is 1. The van der Waals surface area contributed by atoms with Crippen LogP contribution < -0.4 is 5.32 Å². The van der Waals surface area contributed by atoms with Crippen LogP contribution in [0.5, 0.6) is 0 Å². The molecule has 0 fully saturated rings. The summed E-state index contributed by atoms with van der Waals surface area (Å²) in [6, 6.07) is 0. The van der Waals surface area contributed by atoms with Gasteiger partial charge in [-0.15, -0.1) is 11.3 Å². The molecule has 74 valence electrons. The number of halogens is 2. The van der Waals surface area contributed by atoms with Crippen molar-refractivity contribution in [2.45, 2.75) is 0 Å². The first kappa shape index (κ1) is 11.2. The molecule has 1 heterocycles. The number of carbonyl (C=O) groups is 2. The summed E-state index contributed by atoms with van der Waals surface area (Å²) in [4.78, 5) is 24.8. The van der Waals surface area contributed by atoms with E-state index in [9.17, 15) is 9.59 Å². The standard InChI is InChI=1S/C7H4Cl2N2O2S/c8-1-4(6(9)13)5-2-14-7(11-5)10-3-12/h1-3H,(H,10,11,12). The summed E-state index contributed by atoms with van der Waals surface area (Å²) in [6.45, 7) is 0. The van der Waals surface area contributed by atoms with Crippen molar-refractivity contribution in [2.24, 2.45) is 0 Å². The Kier molecular flexibility index (Phi) is 4.06. The molecule has 0 aliphatic rings. The van der Waals surface area contributed by atoms with Crippen LogP contribution in [0.4, 0.5) is 5.13 Å². The molecule has 1 N–H and O–H groups in total. The zero-order chi connectivity index (χ0) is 10.6. The number of carbonyl (C=O) groups excluding carboxylic acids is 2. The lowest BCUT2D eigenvalue weighted by molar-refractivity contribution is -0.107. The van der Waals surface area contributed by atoms with Gasteiger partial charge in [-0.3, -0.25) is 9.59 Å². The number of rotatable bonds is 4. The average molecular weight is 251 g/mol. The molecule has 0 unspecified atom stereocenters. The fraction of sp³-hybridized carbons (Fsp3) is 0. The van der Waals surface area contributed by atoms with E-state index in [4.69, 9.17) is 23.2 Å². The number of thiazole rings is 1. The van der Waals surface area contributed by atoms with Gasteiger partial charge in [0, 0.05) is 10.9 Å². The molecule has 0 aliphatic carbocycles. The fourth-order valence-electron chi connectivity index (χ4n) is 0.714. The first-order valence-electron chi connectivity index (χ1n) is 3.35. The maximum atomic E-state index is 10.8. The minimum absolute atomic E-state index is 0.100. The molecule has 1 amide bonds. The van der Waals surface area contributed by atoms with Crippen molar-refractivity contribution in [1.29, 1.82) is 0 Å². The van der Waals surface area contributed by atoms with Gasteiger partial charge in [0.15, 0.2) is 5.13 Å². The maximum absolute atomic E-state index is 10.8. The van der Waals surface area contributed by atoms with Crippen LogP contribution in [0.1, 0.15) is 5.69 Å². The number of aromatic nitrogens is 1. The lowest BCUT2D eigenvalue weighted by atomic mass is 10.3. The molecule has 0 radical (unpaired) electrons. The second-order valence-electron chi connectivity index (χ2n) is 2.10. The van der Waals surface area contributed by atoms with Gasteiger partial charge in [0.25, 0.3) is 5.24 Å². The Hall–Kier alpha value is -0.910. The van der Waals surface area contributed by atoms with Crippen molar-refractivity contribution in [3.8, 4) is 0 Å². The Labute approximate surface area is 93.5 Å². The van der Waals surface area contributed by atoms with Gasteiger partial charge < -0.3 is 5.32 Å². The topological polar surface area (TPSA) is 59.1 Å². The first-order chi connectivity index (χ1) is 6.69. The Balaban J connectivity index is 2.95. The molecule has 0 atom stereocenters. The monoisotopic (exact) mass is 250 g/mol. The third-order valence-electron chi connectivity index (χ3n) is 1.28. The Morgan fingerprint density at radius 2 is 2.36 bits per heavy atom. The molecule has 0 saturated carbocycles. The summed E-state index contributed by atoms with van der Waals surface area (Å²) in [5.41, 5.74) is 1.49. The van der Waals surface area contributed by atoms with Crippen LogP contribution in [0.2, 0.25) is 0 Å². The van der Waals surface area contributed by atoms with Crippen molar-refractivity contribution < 1.29 is 9.59 Å². The maximum Gasteiger partial charge on any atom is 0.255 e. The van der Waals surface area contributed by atoms with E-state index in [1.807, 2.05) is 0 Å². The van der Waals surface area contributed by atoms with Crippen molar-refractivity contribution in [2.75, 3.05) is 5.32 Å². The SMILES string of the molecule is O=CNc1nc(C(=CCl)C(=O)Cl)cs1. The van der Waals surface area contributed by atoms with Gasteiger partial charge in [-0.2, -0.15) is 0 Å². The fourth-order valence-corrected chi connectivity index (χ4v) is 1.80. The first-order valence-corrected chi connectivity index (χ1v) is 5.04. The van der Waals surface area contributed by atoms with E-state index in [1.165, 1.54) is 11.3 Å². The van der Waals surface area contributed by atoms with E-state index in [-0.39, 0.29) is 5.57 Å². The molecule has 1 rings (SSSR count). The second kappa shape index (κ2) is 5.09. The zero-order valence-electron chi connectivity index (χ0n) is 6.66. The molecule has 0 aromatic carbocycles. The van der Waals surface area contributed by atoms with E-state index in [0.29, 0.717) is 17.2 Å². The number of nitrogens with zero attached hydrogens (tertiary/aromatic N) is 1. The smallest absolute Gasteiger partial charge is 0.255 e. The molecule has 4 nitrogen and oxygen atoms in total. The Morgan fingerprint density at radius 1 is 1.64 bits per heavy atom. The van der Waals surface area contributed by atoms with Gasteiger partial charge >= 0.3 is 0 Å². The number of nitrogens with one attached hydrogen (secondary N) is 1. The molecular weight excluding hydrogens is 247 g/mol. The van der Waals surface area contributed by atoms with Crippen LogP contribution in [0, 0.1) is 0 Å². The highest BCUT2D eigenvalue weighted by molar-refractivity contribution is 7.14. The van der Waals surface area contributed by atoms with Gasteiger partial charge in [0.05, 0.1) is 11.3 Å². The molecule has 0 saturated heterocycles. The third-order valence-corrected chi connectivity index (χ3v) is 2.48. The third kappa shape index (κ3) is 2.54. The molecule has 0 bridgehead atoms. The minimum atomic E-state index is -0.692. The molecule has 0 aliphatic heterocycles. The van der Waals surface area contributed by atoms with Crippen molar-refractivity contribution in [3.63, 3.8) is 0 Å². The molecule has 0 spiro atoms. The number of hydrogen-bond donors (Lipinski definition) is 1. The summed E-state index contributed by atoms with van der Waals surface area (Å²) in [6.07, 6.45) is 0.495. The summed E-state index contributed by atoms with van der Waals surface area (Å²) in [5, 5.41) is 3.60. The predicted octanol–water partition coefficient (Wildman–Crippen LogP) is 2.06. The zero-order valence-corrected chi connectivity index (χ0v) is 8.99. The Morgan fingerprint density at radius 3 is 2.86 bits per heavy atom.